The zero-order chi connectivity index (χ0) is 24.1. The Kier molecular flexibility index (Phi) is 4.95. The highest BCUT2D eigenvalue weighted by Crippen LogP contribution is 2.33. The third-order valence-corrected chi connectivity index (χ3v) is 6.68. The van der Waals surface area contributed by atoms with Gasteiger partial charge in [0.05, 0.1) is 17.6 Å². The van der Waals surface area contributed by atoms with Gasteiger partial charge in [-0.05, 0) is 47.4 Å². The van der Waals surface area contributed by atoms with E-state index in [1.807, 2.05) is 47.0 Å². The summed E-state index contributed by atoms with van der Waals surface area (Å²) in [4.78, 5) is 23.6. The van der Waals surface area contributed by atoms with Gasteiger partial charge in [0.25, 0.3) is 5.91 Å². The molecule has 0 fully saturated rings. The molecular weight excluding hydrogens is 438 g/mol. The van der Waals surface area contributed by atoms with E-state index in [2.05, 4.69) is 64.5 Å². The number of carbonyl (C=O) groups excluding carboxylic acids is 1. The van der Waals surface area contributed by atoms with Crippen LogP contribution in [0.25, 0.3) is 39.0 Å². The van der Waals surface area contributed by atoms with Gasteiger partial charge < -0.3 is 9.47 Å². The Bertz CT molecular complexity index is 1560. The van der Waals surface area contributed by atoms with Gasteiger partial charge in [0.15, 0.2) is 0 Å². The number of nitrogens with zero attached hydrogens (tertiary/aromatic N) is 7. The summed E-state index contributed by atoms with van der Waals surface area (Å²) in [6.07, 6.45) is 7.35. The molecule has 1 aliphatic heterocycles. The molecule has 0 atom stereocenters. The van der Waals surface area contributed by atoms with Crippen LogP contribution in [0.1, 0.15) is 35.9 Å². The van der Waals surface area contributed by atoms with Gasteiger partial charge in [0.2, 0.25) is 0 Å². The van der Waals surface area contributed by atoms with E-state index >= 15 is 0 Å². The molecule has 4 aromatic heterocycles. The average molecular weight is 464 g/mol. The first kappa shape index (κ1) is 21.2. The lowest BCUT2D eigenvalue weighted by Gasteiger charge is -2.24. The summed E-state index contributed by atoms with van der Waals surface area (Å²) in [5, 5.41) is 9.29. The van der Waals surface area contributed by atoms with Crippen molar-refractivity contribution < 1.29 is 4.79 Å². The lowest BCUT2D eigenvalue weighted by molar-refractivity contribution is 0.0751. The molecule has 8 heteroatoms. The number of likely N-dealkylation sites (N-methyl/N-ethyl adjacent to an activating group) is 1. The maximum absolute atomic E-state index is 12.7. The van der Waals surface area contributed by atoms with Crippen LogP contribution >= 0.6 is 0 Å². The van der Waals surface area contributed by atoms with Crippen molar-refractivity contribution in [3.05, 3.63) is 78.6 Å². The van der Waals surface area contributed by atoms with Gasteiger partial charge in [-0.25, -0.2) is 9.67 Å². The van der Waals surface area contributed by atoms with Gasteiger partial charge in [0.1, 0.15) is 11.3 Å². The summed E-state index contributed by atoms with van der Waals surface area (Å²) in [7, 11) is 1.84. The molecule has 174 valence electrons. The number of rotatable bonds is 4. The standard InChI is InChI=1S/C27H25N7O/c1-17(2)25-16-30-31-34(25)21-6-4-18(5-7-21)19-12-20(15-28-14-19)22-8-9-29-26-23(22)13-24-27(35)32(3)10-11-33(24)26/h4-9,12-17H,10-11H2,1-3H3. The average Bonchev–Trinajstić information content (AvgIpc) is 3.52. The van der Waals surface area contributed by atoms with Gasteiger partial charge >= 0.3 is 0 Å². The van der Waals surface area contributed by atoms with Crippen molar-refractivity contribution in [2.75, 3.05) is 13.6 Å². The van der Waals surface area contributed by atoms with E-state index in [-0.39, 0.29) is 5.91 Å². The third-order valence-electron chi connectivity index (χ3n) is 6.68. The molecule has 1 aliphatic rings. The molecule has 6 rings (SSSR count). The third kappa shape index (κ3) is 3.49. The minimum absolute atomic E-state index is 0.0279. The quantitative estimate of drug-likeness (QED) is 0.390. The van der Waals surface area contributed by atoms with Crippen LogP contribution in [0.5, 0.6) is 0 Å². The van der Waals surface area contributed by atoms with Crippen molar-refractivity contribution in [2.45, 2.75) is 26.3 Å². The predicted octanol–water partition coefficient (Wildman–Crippen LogP) is 4.56. The van der Waals surface area contributed by atoms with Crippen LogP contribution < -0.4 is 0 Å². The lowest BCUT2D eigenvalue weighted by atomic mass is 10.0. The Morgan fingerprint density at radius 2 is 1.71 bits per heavy atom. The Hall–Kier alpha value is -4.33. The van der Waals surface area contributed by atoms with E-state index in [1.165, 1.54) is 0 Å². The van der Waals surface area contributed by atoms with Crippen LogP contribution in [-0.2, 0) is 6.54 Å². The first-order valence-electron chi connectivity index (χ1n) is 11.7. The highest BCUT2D eigenvalue weighted by Gasteiger charge is 2.25. The van der Waals surface area contributed by atoms with Crippen molar-refractivity contribution in [1.29, 1.82) is 0 Å². The molecule has 0 spiro atoms. The van der Waals surface area contributed by atoms with Crippen LogP contribution in [0.3, 0.4) is 0 Å². The van der Waals surface area contributed by atoms with Gasteiger partial charge in [-0.2, -0.15) is 0 Å². The molecule has 0 saturated heterocycles. The largest absolute Gasteiger partial charge is 0.339 e. The molecular formula is C27H25N7O. The summed E-state index contributed by atoms with van der Waals surface area (Å²) >= 11 is 0. The number of hydrogen-bond donors (Lipinski definition) is 0. The molecule has 0 N–H and O–H groups in total. The summed E-state index contributed by atoms with van der Waals surface area (Å²) in [6.45, 7) is 5.69. The van der Waals surface area contributed by atoms with Crippen LogP contribution in [0.15, 0.2) is 67.3 Å². The SMILES string of the molecule is CC(C)c1cnnn1-c1ccc(-c2cncc(-c3ccnc4c3cc3n4CCN(C)C3=O)c2)cc1. The van der Waals surface area contributed by atoms with E-state index in [0.29, 0.717) is 18.2 Å². The molecule has 5 heterocycles. The summed E-state index contributed by atoms with van der Waals surface area (Å²) in [5.41, 5.74) is 7.65. The fourth-order valence-corrected chi connectivity index (χ4v) is 4.73. The van der Waals surface area contributed by atoms with Crippen molar-refractivity contribution in [3.63, 3.8) is 0 Å². The van der Waals surface area contributed by atoms with Gasteiger partial charge in [-0.15, -0.1) is 5.10 Å². The normalized spacial score (nSPS) is 13.6. The second-order valence-electron chi connectivity index (χ2n) is 9.24. The van der Waals surface area contributed by atoms with E-state index in [0.717, 1.165) is 51.2 Å². The lowest BCUT2D eigenvalue weighted by Crippen LogP contribution is -2.36. The van der Waals surface area contributed by atoms with Crippen LogP contribution in [0.2, 0.25) is 0 Å². The second-order valence-corrected chi connectivity index (χ2v) is 9.24. The second kappa shape index (κ2) is 8.16. The van der Waals surface area contributed by atoms with E-state index in [1.54, 1.807) is 11.1 Å². The molecule has 35 heavy (non-hydrogen) atoms. The van der Waals surface area contributed by atoms with Crippen molar-refractivity contribution in [3.8, 4) is 27.9 Å². The Morgan fingerprint density at radius 3 is 2.51 bits per heavy atom. The van der Waals surface area contributed by atoms with Crippen molar-refractivity contribution >= 4 is 16.9 Å². The molecule has 0 unspecified atom stereocenters. The Labute approximate surface area is 202 Å². The van der Waals surface area contributed by atoms with Crippen LogP contribution in [-0.4, -0.2) is 53.9 Å². The van der Waals surface area contributed by atoms with E-state index in [4.69, 9.17) is 0 Å². The number of amides is 1. The van der Waals surface area contributed by atoms with Crippen LogP contribution in [0.4, 0.5) is 0 Å². The van der Waals surface area contributed by atoms with Crippen molar-refractivity contribution in [1.82, 2.24) is 34.4 Å². The first-order valence-corrected chi connectivity index (χ1v) is 11.7. The monoisotopic (exact) mass is 463 g/mol. The Balaban J connectivity index is 1.38. The van der Waals surface area contributed by atoms with Crippen molar-refractivity contribution in [2.24, 2.45) is 0 Å². The minimum atomic E-state index is 0.0279. The van der Waals surface area contributed by atoms with E-state index in [9.17, 15) is 4.79 Å². The Morgan fingerprint density at radius 1 is 0.914 bits per heavy atom. The maximum Gasteiger partial charge on any atom is 0.270 e. The zero-order valence-electron chi connectivity index (χ0n) is 19.9. The number of benzene rings is 1. The fraction of sp³-hybridized carbons (Fsp3) is 0.222. The first-order chi connectivity index (χ1) is 17.0. The van der Waals surface area contributed by atoms with Crippen LogP contribution in [0, 0.1) is 0 Å². The predicted molar refractivity (Wildman–Crippen MR) is 134 cm³/mol. The fourth-order valence-electron chi connectivity index (χ4n) is 4.73. The van der Waals surface area contributed by atoms with Gasteiger partial charge in [-0.1, -0.05) is 31.2 Å². The molecule has 0 aliphatic carbocycles. The molecule has 5 aromatic rings. The smallest absolute Gasteiger partial charge is 0.270 e. The number of fused-ring (bicyclic) bond motifs is 3. The minimum Gasteiger partial charge on any atom is -0.339 e. The van der Waals surface area contributed by atoms with E-state index < -0.39 is 0 Å². The molecule has 1 amide bonds. The highest BCUT2D eigenvalue weighted by molar-refractivity contribution is 6.03. The molecule has 8 nitrogen and oxygen atoms in total. The van der Waals surface area contributed by atoms with Gasteiger partial charge in [0, 0.05) is 55.2 Å². The number of aromatic nitrogens is 6. The number of pyridine rings is 2. The summed E-state index contributed by atoms with van der Waals surface area (Å²) in [5.74, 6) is 0.360. The zero-order valence-corrected chi connectivity index (χ0v) is 19.9. The number of carbonyl (C=O) groups is 1. The molecule has 1 aromatic carbocycles. The molecule has 0 bridgehead atoms. The summed E-state index contributed by atoms with van der Waals surface area (Å²) < 4.78 is 3.90. The topological polar surface area (TPSA) is 81.7 Å². The highest BCUT2D eigenvalue weighted by atomic mass is 16.2. The maximum atomic E-state index is 12.7. The molecule has 0 saturated carbocycles. The number of hydrogen-bond acceptors (Lipinski definition) is 5. The van der Waals surface area contributed by atoms with Gasteiger partial charge in [-0.3, -0.25) is 9.78 Å². The molecule has 0 radical (unpaired) electrons. The summed E-state index contributed by atoms with van der Waals surface area (Å²) in [6, 6.07) is 14.3.